The van der Waals surface area contributed by atoms with E-state index < -0.39 is 17.4 Å². The molecule has 0 amide bonds. The van der Waals surface area contributed by atoms with E-state index in [9.17, 15) is 13.6 Å². The Hall–Kier alpha value is -3.22. The van der Waals surface area contributed by atoms with Crippen molar-refractivity contribution < 1.29 is 13.2 Å². The highest BCUT2D eigenvalue weighted by atomic mass is 19.1. The van der Waals surface area contributed by atoms with E-state index in [4.69, 9.17) is 4.42 Å². The lowest BCUT2D eigenvalue weighted by Gasteiger charge is -2.11. The highest BCUT2D eigenvalue weighted by molar-refractivity contribution is 5.73. The molecule has 2 aromatic heterocycles. The number of rotatable bonds is 4. The zero-order valence-electron chi connectivity index (χ0n) is 15.2. The highest BCUT2D eigenvalue weighted by Gasteiger charge is 2.32. The maximum absolute atomic E-state index is 14.3. The molecule has 142 valence electrons. The van der Waals surface area contributed by atoms with Crippen LogP contribution in [0.3, 0.4) is 0 Å². The summed E-state index contributed by atoms with van der Waals surface area (Å²) < 4.78 is 37.2. The van der Waals surface area contributed by atoms with Crippen LogP contribution in [0.5, 0.6) is 0 Å². The number of imidazole rings is 1. The third kappa shape index (κ3) is 2.66. The summed E-state index contributed by atoms with van der Waals surface area (Å²) in [4.78, 5) is 16.1. The van der Waals surface area contributed by atoms with Gasteiger partial charge in [0.1, 0.15) is 11.6 Å². The van der Waals surface area contributed by atoms with Crippen LogP contribution in [-0.4, -0.2) is 14.1 Å². The van der Waals surface area contributed by atoms with Crippen molar-refractivity contribution in [2.45, 2.75) is 25.3 Å². The number of aromatic nitrogens is 3. The van der Waals surface area contributed by atoms with Gasteiger partial charge in [0.2, 0.25) is 0 Å². The van der Waals surface area contributed by atoms with Gasteiger partial charge in [-0.1, -0.05) is 12.1 Å². The average molecular weight is 381 g/mol. The van der Waals surface area contributed by atoms with Crippen LogP contribution in [0.2, 0.25) is 0 Å². The summed E-state index contributed by atoms with van der Waals surface area (Å²) in [6, 6.07) is 9.39. The van der Waals surface area contributed by atoms with E-state index in [0.717, 1.165) is 24.1 Å². The van der Waals surface area contributed by atoms with Gasteiger partial charge in [-0.05, 0) is 42.7 Å². The molecule has 7 heteroatoms. The summed E-state index contributed by atoms with van der Waals surface area (Å²) >= 11 is 0. The van der Waals surface area contributed by atoms with Crippen molar-refractivity contribution in [3.05, 3.63) is 76.2 Å². The van der Waals surface area contributed by atoms with Gasteiger partial charge in [0.05, 0.1) is 23.1 Å². The van der Waals surface area contributed by atoms with Crippen molar-refractivity contribution in [3.8, 4) is 11.3 Å². The van der Waals surface area contributed by atoms with Gasteiger partial charge in [-0.3, -0.25) is 4.57 Å². The molecule has 0 atom stereocenters. The SMILES string of the molecule is Cn1c(=O)oc2ccc(Cn3cnc(-c4c(F)cccc4F)c3C3CC3)cc21. The Morgan fingerprint density at radius 1 is 1.18 bits per heavy atom. The fourth-order valence-electron chi connectivity index (χ4n) is 3.69. The Labute approximate surface area is 158 Å². The van der Waals surface area contributed by atoms with Crippen molar-refractivity contribution >= 4 is 11.1 Å². The Morgan fingerprint density at radius 3 is 2.64 bits per heavy atom. The smallest absolute Gasteiger partial charge is 0.408 e. The molecule has 1 saturated carbocycles. The molecular weight excluding hydrogens is 364 g/mol. The van der Waals surface area contributed by atoms with Crippen molar-refractivity contribution in [2.75, 3.05) is 0 Å². The summed E-state index contributed by atoms with van der Waals surface area (Å²) in [5.74, 6) is -1.38. The van der Waals surface area contributed by atoms with Crippen LogP contribution >= 0.6 is 0 Å². The first-order valence-electron chi connectivity index (χ1n) is 9.11. The molecule has 0 radical (unpaired) electrons. The summed E-state index contributed by atoms with van der Waals surface area (Å²) in [6.07, 6.45) is 3.58. The molecule has 0 unspecified atom stereocenters. The molecule has 4 aromatic rings. The van der Waals surface area contributed by atoms with E-state index in [-0.39, 0.29) is 11.5 Å². The molecule has 5 rings (SSSR count). The number of oxazole rings is 1. The molecule has 0 aliphatic heterocycles. The van der Waals surface area contributed by atoms with Crippen LogP contribution in [0, 0.1) is 11.6 Å². The number of nitrogens with zero attached hydrogens (tertiary/aromatic N) is 3. The van der Waals surface area contributed by atoms with Crippen molar-refractivity contribution in [2.24, 2.45) is 7.05 Å². The van der Waals surface area contributed by atoms with Crippen LogP contribution < -0.4 is 5.76 Å². The number of benzene rings is 2. The number of halogens is 2. The van der Waals surface area contributed by atoms with E-state index >= 15 is 0 Å². The molecule has 2 aromatic carbocycles. The summed E-state index contributed by atoms with van der Waals surface area (Å²) in [5.41, 5.74) is 3.33. The highest BCUT2D eigenvalue weighted by Crippen LogP contribution is 2.45. The minimum Gasteiger partial charge on any atom is -0.408 e. The van der Waals surface area contributed by atoms with Gasteiger partial charge in [0.25, 0.3) is 0 Å². The fraction of sp³-hybridized carbons (Fsp3) is 0.238. The molecular formula is C21H17F2N3O2. The number of hydrogen-bond acceptors (Lipinski definition) is 3. The number of aryl methyl sites for hydroxylation is 1. The van der Waals surface area contributed by atoms with Crippen LogP contribution in [0.1, 0.15) is 30.0 Å². The third-order valence-electron chi connectivity index (χ3n) is 5.25. The second kappa shape index (κ2) is 6.15. The fourth-order valence-corrected chi connectivity index (χ4v) is 3.69. The standard InChI is InChI=1S/C21H17F2N3O2/c1-25-16-9-12(5-8-17(16)28-21(25)27)10-26-11-24-19(20(26)13-6-7-13)18-14(22)3-2-4-15(18)23/h2-5,8-9,11,13H,6-7,10H2,1H3. The molecule has 28 heavy (non-hydrogen) atoms. The van der Waals surface area contributed by atoms with Gasteiger partial charge in [-0.2, -0.15) is 0 Å². The van der Waals surface area contributed by atoms with Crippen molar-refractivity contribution in [1.82, 2.24) is 14.1 Å². The van der Waals surface area contributed by atoms with Gasteiger partial charge in [0, 0.05) is 25.2 Å². The van der Waals surface area contributed by atoms with E-state index in [0.29, 0.717) is 23.3 Å². The van der Waals surface area contributed by atoms with Gasteiger partial charge < -0.3 is 8.98 Å². The first-order chi connectivity index (χ1) is 13.5. The molecule has 1 fully saturated rings. The Bertz CT molecular complexity index is 1240. The topological polar surface area (TPSA) is 53.0 Å². The molecule has 0 N–H and O–H groups in total. The van der Waals surface area contributed by atoms with Crippen LogP contribution in [0.4, 0.5) is 8.78 Å². The third-order valence-corrected chi connectivity index (χ3v) is 5.25. The summed E-state index contributed by atoms with van der Waals surface area (Å²) in [5, 5.41) is 0. The largest absolute Gasteiger partial charge is 0.419 e. The maximum Gasteiger partial charge on any atom is 0.419 e. The van der Waals surface area contributed by atoms with Crippen LogP contribution in [0.25, 0.3) is 22.4 Å². The Morgan fingerprint density at radius 2 is 1.93 bits per heavy atom. The zero-order valence-corrected chi connectivity index (χ0v) is 15.2. The minimum absolute atomic E-state index is 0.0733. The molecule has 5 nitrogen and oxygen atoms in total. The van der Waals surface area contributed by atoms with Gasteiger partial charge in [-0.15, -0.1) is 0 Å². The first kappa shape index (κ1) is 16.9. The van der Waals surface area contributed by atoms with Crippen LogP contribution in [0.15, 0.2) is 51.9 Å². The summed E-state index contributed by atoms with van der Waals surface area (Å²) in [7, 11) is 1.66. The number of hydrogen-bond donors (Lipinski definition) is 0. The molecule has 2 heterocycles. The molecule has 1 aliphatic rings. The molecule has 0 bridgehead atoms. The van der Waals surface area contributed by atoms with E-state index in [2.05, 4.69) is 4.98 Å². The van der Waals surface area contributed by atoms with Crippen molar-refractivity contribution in [1.29, 1.82) is 0 Å². The van der Waals surface area contributed by atoms with Crippen molar-refractivity contribution in [3.63, 3.8) is 0 Å². The minimum atomic E-state index is -0.609. The summed E-state index contributed by atoms with van der Waals surface area (Å²) in [6.45, 7) is 0.490. The van der Waals surface area contributed by atoms with Gasteiger partial charge in [-0.25, -0.2) is 18.6 Å². The molecule has 0 saturated heterocycles. The quantitative estimate of drug-likeness (QED) is 0.532. The van der Waals surface area contributed by atoms with E-state index in [1.165, 1.54) is 22.8 Å². The predicted octanol–water partition coefficient (Wildman–Crippen LogP) is 4.20. The Kier molecular flexibility index (Phi) is 3.72. The van der Waals surface area contributed by atoms with E-state index in [1.54, 1.807) is 19.4 Å². The van der Waals surface area contributed by atoms with Crippen LogP contribution in [-0.2, 0) is 13.6 Å². The number of fused-ring (bicyclic) bond motifs is 1. The normalized spacial score (nSPS) is 14.1. The zero-order chi connectivity index (χ0) is 19.4. The monoisotopic (exact) mass is 381 g/mol. The molecule has 0 spiro atoms. The second-order valence-electron chi connectivity index (χ2n) is 7.21. The lowest BCUT2D eigenvalue weighted by atomic mass is 10.1. The average Bonchev–Trinajstić information content (AvgIpc) is 3.37. The molecule has 1 aliphatic carbocycles. The lowest BCUT2D eigenvalue weighted by Crippen LogP contribution is -2.08. The van der Waals surface area contributed by atoms with Gasteiger partial charge in [0.15, 0.2) is 5.58 Å². The van der Waals surface area contributed by atoms with E-state index in [1.807, 2.05) is 16.7 Å². The second-order valence-corrected chi connectivity index (χ2v) is 7.21. The first-order valence-corrected chi connectivity index (χ1v) is 9.11. The predicted molar refractivity (Wildman–Crippen MR) is 100 cm³/mol. The Balaban J connectivity index is 1.59. The lowest BCUT2D eigenvalue weighted by molar-refractivity contribution is 0.528. The maximum atomic E-state index is 14.3. The van der Waals surface area contributed by atoms with Gasteiger partial charge >= 0.3 is 5.76 Å².